The highest BCUT2D eigenvalue weighted by Crippen LogP contribution is 1.49. The molecule has 0 fully saturated rings. The van der Waals surface area contributed by atoms with Gasteiger partial charge in [0.1, 0.15) is 6.79 Å². The molecule has 0 atom stereocenters. The van der Waals surface area contributed by atoms with Crippen LogP contribution in [0.15, 0.2) is 0 Å². The van der Waals surface area contributed by atoms with Crippen molar-refractivity contribution in [2.75, 3.05) is 6.54 Å². The van der Waals surface area contributed by atoms with Crippen LogP contribution in [0.25, 0.3) is 0 Å². The zero-order valence-electron chi connectivity index (χ0n) is 4.81. The fourth-order valence-electron chi connectivity index (χ4n) is 0.174. The highest BCUT2D eigenvalue weighted by molar-refractivity contribution is 5.71. The first-order chi connectivity index (χ1) is 3.77. The van der Waals surface area contributed by atoms with Crippen molar-refractivity contribution in [2.24, 2.45) is 5.73 Å². The Morgan fingerprint density at radius 1 is 1.75 bits per heavy atom. The maximum Gasteiger partial charge on any atom is 0.312 e. The molecule has 0 heterocycles. The van der Waals surface area contributed by atoms with Crippen LogP contribution in [0.3, 0.4) is 0 Å². The first kappa shape index (κ1) is 10.0. The Morgan fingerprint density at radius 2 is 2.12 bits per heavy atom. The van der Waals surface area contributed by atoms with E-state index >= 15 is 0 Å². The van der Waals surface area contributed by atoms with Gasteiger partial charge in [-0.3, -0.25) is 0 Å². The van der Waals surface area contributed by atoms with Gasteiger partial charge in [0.25, 0.3) is 0 Å². The lowest BCUT2D eigenvalue weighted by Gasteiger charge is -1.88. The van der Waals surface area contributed by atoms with Gasteiger partial charge in [-0.15, -0.1) is 0 Å². The van der Waals surface area contributed by atoms with E-state index in [2.05, 4.69) is 11.1 Å². The standard InChI is InChI=1S/C3H8N2O.CH2O/c1-2-5-3(4)6;1-2/h2H2,1H3,(H3,4,5,6);1H2. The minimum absolute atomic E-state index is 0.461. The van der Waals surface area contributed by atoms with Gasteiger partial charge in [0, 0.05) is 6.54 Å². The highest BCUT2D eigenvalue weighted by atomic mass is 16.2. The van der Waals surface area contributed by atoms with Gasteiger partial charge in [-0.2, -0.15) is 0 Å². The van der Waals surface area contributed by atoms with Gasteiger partial charge in [0.15, 0.2) is 0 Å². The minimum atomic E-state index is -0.461. The van der Waals surface area contributed by atoms with Crippen molar-refractivity contribution in [1.82, 2.24) is 5.32 Å². The van der Waals surface area contributed by atoms with Crippen LogP contribution < -0.4 is 11.1 Å². The summed E-state index contributed by atoms with van der Waals surface area (Å²) < 4.78 is 0. The Balaban J connectivity index is 0. The second kappa shape index (κ2) is 9.34. The van der Waals surface area contributed by atoms with Crippen LogP contribution in [0.2, 0.25) is 0 Å². The van der Waals surface area contributed by atoms with Crippen LogP contribution in [0.4, 0.5) is 4.79 Å². The first-order valence-corrected chi connectivity index (χ1v) is 2.09. The Labute approximate surface area is 48.1 Å². The second-order valence-electron chi connectivity index (χ2n) is 0.895. The molecule has 0 saturated carbocycles. The molecule has 0 saturated heterocycles. The number of carbonyl (C=O) groups is 2. The van der Waals surface area contributed by atoms with Crippen LogP contribution >= 0.6 is 0 Å². The van der Waals surface area contributed by atoms with Crippen molar-refractivity contribution in [2.45, 2.75) is 6.92 Å². The average Bonchev–Trinajstić information content (AvgIpc) is 1.72. The Morgan fingerprint density at radius 3 is 2.12 bits per heavy atom. The normalized spacial score (nSPS) is 6.12. The van der Waals surface area contributed by atoms with E-state index in [-0.39, 0.29) is 0 Å². The summed E-state index contributed by atoms with van der Waals surface area (Å²) in [5.41, 5.74) is 4.65. The monoisotopic (exact) mass is 118 g/mol. The molecule has 3 N–H and O–H groups in total. The van der Waals surface area contributed by atoms with Crippen LogP contribution in [0.1, 0.15) is 6.92 Å². The van der Waals surface area contributed by atoms with Crippen molar-refractivity contribution in [3.05, 3.63) is 0 Å². The predicted molar refractivity (Wildman–Crippen MR) is 30.4 cm³/mol. The molecule has 0 aromatic carbocycles. The topological polar surface area (TPSA) is 72.2 Å². The smallest absolute Gasteiger partial charge is 0.312 e. The number of hydrogen-bond acceptors (Lipinski definition) is 2. The minimum Gasteiger partial charge on any atom is -0.352 e. The Hall–Kier alpha value is -1.06. The molecule has 0 aliphatic rings. The maximum atomic E-state index is 9.71. The summed E-state index contributed by atoms with van der Waals surface area (Å²) in [7, 11) is 0. The summed E-state index contributed by atoms with van der Waals surface area (Å²) >= 11 is 0. The summed E-state index contributed by atoms with van der Waals surface area (Å²) in [6, 6.07) is -0.461. The molecular weight excluding hydrogens is 108 g/mol. The van der Waals surface area contributed by atoms with Crippen molar-refractivity contribution < 1.29 is 9.59 Å². The summed E-state index contributed by atoms with van der Waals surface area (Å²) in [4.78, 5) is 17.7. The molecule has 0 rings (SSSR count). The molecule has 48 valence electrons. The summed E-state index contributed by atoms with van der Waals surface area (Å²) in [5.74, 6) is 0. The summed E-state index contributed by atoms with van der Waals surface area (Å²) in [5, 5.41) is 2.35. The molecule has 0 bridgehead atoms. The van der Waals surface area contributed by atoms with Gasteiger partial charge in [0.05, 0.1) is 0 Å². The molecule has 8 heavy (non-hydrogen) atoms. The van der Waals surface area contributed by atoms with Gasteiger partial charge in [-0.05, 0) is 6.92 Å². The number of amides is 2. The number of urea groups is 1. The molecule has 0 unspecified atom stereocenters. The lowest BCUT2D eigenvalue weighted by atomic mass is 10.7. The SMILES string of the molecule is C=O.CCNC(N)=O. The van der Waals surface area contributed by atoms with E-state index in [1.54, 1.807) is 0 Å². The van der Waals surface area contributed by atoms with Gasteiger partial charge < -0.3 is 15.8 Å². The summed E-state index contributed by atoms with van der Waals surface area (Å²) in [6.45, 7) is 4.42. The molecule has 0 aliphatic carbocycles. The van der Waals surface area contributed by atoms with Gasteiger partial charge in [-0.25, -0.2) is 4.79 Å². The van der Waals surface area contributed by atoms with Gasteiger partial charge in [0.2, 0.25) is 0 Å². The van der Waals surface area contributed by atoms with Crippen molar-refractivity contribution in [1.29, 1.82) is 0 Å². The van der Waals surface area contributed by atoms with E-state index in [4.69, 9.17) is 4.79 Å². The van der Waals surface area contributed by atoms with E-state index in [0.717, 1.165) is 0 Å². The van der Waals surface area contributed by atoms with Crippen molar-refractivity contribution in [3.8, 4) is 0 Å². The fourth-order valence-corrected chi connectivity index (χ4v) is 0.174. The number of nitrogens with one attached hydrogen (secondary N) is 1. The van der Waals surface area contributed by atoms with Crippen molar-refractivity contribution in [3.63, 3.8) is 0 Å². The fraction of sp³-hybridized carbons (Fsp3) is 0.500. The van der Waals surface area contributed by atoms with E-state index in [0.29, 0.717) is 6.54 Å². The number of hydrogen-bond donors (Lipinski definition) is 2. The third kappa shape index (κ3) is 20.4. The Kier molecular flexibility index (Phi) is 11.7. The predicted octanol–water partition coefficient (Wildman–Crippen LogP) is -0.510. The van der Waals surface area contributed by atoms with Crippen LogP contribution in [-0.4, -0.2) is 19.4 Å². The molecule has 4 heteroatoms. The lowest BCUT2D eigenvalue weighted by molar-refractivity contribution is -0.0979. The molecule has 0 aromatic rings. The largest absolute Gasteiger partial charge is 0.352 e. The zero-order valence-corrected chi connectivity index (χ0v) is 4.81. The van der Waals surface area contributed by atoms with E-state index in [1.165, 1.54) is 0 Å². The average molecular weight is 118 g/mol. The molecule has 4 nitrogen and oxygen atoms in total. The molecule has 0 spiro atoms. The van der Waals surface area contributed by atoms with Crippen molar-refractivity contribution >= 4 is 12.8 Å². The number of carbonyl (C=O) groups excluding carboxylic acids is 2. The number of primary amides is 1. The Bertz CT molecular complexity index is 65.1. The van der Waals surface area contributed by atoms with Gasteiger partial charge >= 0.3 is 6.03 Å². The number of rotatable bonds is 1. The third-order valence-electron chi connectivity index (χ3n) is 0.351. The van der Waals surface area contributed by atoms with Crippen LogP contribution in [0.5, 0.6) is 0 Å². The van der Waals surface area contributed by atoms with Crippen LogP contribution in [-0.2, 0) is 4.79 Å². The summed E-state index contributed by atoms with van der Waals surface area (Å²) in [6.07, 6.45) is 0. The number of nitrogens with two attached hydrogens (primary N) is 1. The first-order valence-electron chi connectivity index (χ1n) is 2.09. The molecule has 0 aliphatic heterocycles. The lowest BCUT2D eigenvalue weighted by Crippen LogP contribution is -2.28. The molecule has 2 amide bonds. The highest BCUT2D eigenvalue weighted by Gasteiger charge is 1.79. The third-order valence-corrected chi connectivity index (χ3v) is 0.351. The van der Waals surface area contributed by atoms with E-state index in [1.807, 2.05) is 13.7 Å². The molecular formula is C4H10N2O2. The second-order valence-corrected chi connectivity index (χ2v) is 0.895. The molecule has 0 aromatic heterocycles. The van der Waals surface area contributed by atoms with Crippen LogP contribution in [0, 0.1) is 0 Å². The van der Waals surface area contributed by atoms with Gasteiger partial charge in [-0.1, -0.05) is 0 Å². The van der Waals surface area contributed by atoms with E-state index < -0.39 is 6.03 Å². The van der Waals surface area contributed by atoms with E-state index in [9.17, 15) is 4.79 Å². The zero-order chi connectivity index (χ0) is 6.99. The quantitative estimate of drug-likeness (QED) is 0.486. The maximum absolute atomic E-state index is 9.71. The molecule has 0 radical (unpaired) electrons.